The van der Waals surface area contributed by atoms with Crippen molar-refractivity contribution in [3.8, 4) is 0 Å². The van der Waals surface area contributed by atoms with Crippen LogP contribution in [0.25, 0.3) is 0 Å². The van der Waals surface area contributed by atoms with Gasteiger partial charge in [-0.15, -0.1) is 0 Å². The number of likely N-dealkylation sites (N-methyl/N-ethyl adjacent to an activating group) is 1. The lowest BCUT2D eigenvalue weighted by molar-refractivity contribution is 0.0639. The first-order valence-electron chi connectivity index (χ1n) is 5.51. The Hall–Kier alpha value is -0.980. The summed E-state index contributed by atoms with van der Waals surface area (Å²) in [5.41, 5.74) is -0.721. The van der Waals surface area contributed by atoms with Crippen LogP contribution in [0.1, 0.15) is 19.4 Å². The quantitative estimate of drug-likeness (QED) is 0.882. The second-order valence-corrected chi connectivity index (χ2v) is 7.03. The SMILES string of the molecule is CN(CC(C)(C)O)S(=O)(=O)Cc1cccc(F)c1. The van der Waals surface area contributed by atoms with Crippen LogP contribution in [0.5, 0.6) is 0 Å². The van der Waals surface area contributed by atoms with Crippen molar-refractivity contribution in [3.05, 3.63) is 35.6 Å². The van der Waals surface area contributed by atoms with Crippen LogP contribution in [0.4, 0.5) is 4.39 Å². The molecular formula is C12H18FNO3S. The maximum absolute atomic E-state index is 13.0. The number of hydrogen-bond donors (Lipinski definition) is 1. The molecular weight excluding hydrogens is 257 g/mol. The first-order chi connectivity index (χ1) is 8.10. The zero-order valence-corrected chi connectivity index (χ0v) is 11.5. The molecule has 0 saturated carbocycles. The van der Waals surface area contributed by atoms with Gasteiger partial charge in [-0.05, 0) is 31.5 Å². The van der Waals surface area contributed by atoms with Crippen molar-refractivity contribution in [1.29, 1.82) is 0 Å². The van der Waals surface area contributed by atoms with E-state index >= 15 is 0 Å². The fraction of sp³-hybridized carbons (Fsp3) is 0.500. The van der Waals surface area contributed by atoms with Gasteiger partial charge in [-0.2, -0.15) is 0 Å². The van der Waals surface area contributed by atoms with Crippen LogP contribution in [-0.2, 0) is 15.8 Å². The summed E-state index contributed by atoms with van der Waals surface area (Å²) in [5, 5.41) is 9.60. The Balaban J connectivity index is 2.82. The summed E-state index contributed by atoms with van der Waals surface area (Å²) in [5.74, 6) is -0.745. The maximum atomic E-state index is 13.0. The first-order valence-corrected chi connectivity index (χ1v) is 7.12. The molecule has 0 saturated heterocycles. The molecule has 102 valence electrons. The molecule has 1 aromatic carbocycles. The molecule has 0 atom stereocenters. The highest BCUT2D eigenvalue weighted by Crippen LogP contribution is 2.13. The third-order valence-corrected chi connectivity index (χ3v) is 4.10. The number of rotatable bonds is 5. The molecule has 0 aliphatic carbocycles. The van der Waals surface area contributed by atoms with Gasteiger partial charge in [0.25, 0.3) is 0 Å². The largest absolute Gasteiger partial charge is 0.389 e. The summed E-state index contributed by atoms with van der Waals surface area (Å²) in [6.07, 6.45) is 0. The third kappa shape index (κ3) is 4.72. The summed E-state index contributed by atoms with van der Waals surface area (Å²) in [6.45, 7) is 3.05. The van der Waals surface area contributed by atoms with Gasteiger partial charge in [0.1, 0.15) is 5.82 Å². The van der Waals surface area contributed by atoms with E-state index in [0.717, 1.165) is 4.31 Å². The lowest BCUT2D eigenvalue weighted by Crippen LogP contribution is -2.40. The standard InChI is InChI=1S/C12H18FNO3S/c1-12(2,15)9-14(3)18(16,17)8-10-5-4-6-11(13)7-10/h4-7,15H,8-9H2,1-3H3. The minimum Gasteiger partial charge on any atom is -0.389 e. The molecule has 0 fully saturated rings. The van der Waals surface area contributed by atoms with Crippen LogP contribution in [0, 0.1) is 5.82 Å². The van der Waals surface area contributed by atoms with Crippen molar-refractivity contribution < 1.29 is 17.9 Å². The highest BCUT2D eigenvalue weighted by Gasteiger charge is 2.24. The Labute approximate surface area is 107 Å². The lowest BCUT2D eigenvalue weighted by Gasteiger charge is -2.25. The van der Waals surface area contributed by atoms with E-state index in [2.05, 4.69) is 0 Å². The first kappa shape index (κ1) is 15.1. The molecule has 4 nitrogen and oxygen atoms in total. The van der Waals surface area contributed by atoms with E-state index in [0.29, 0.717) is 5.56 Å². The zero-order chi connectivity index (χ0) is 14.0. The average molecular weight is 275 g/mol. The smallest absolute Gasteiger partial charge is 0.218 e. The molecule has 0 heterocycles. The van der Waals surface area contributed by atoms with Crippen LogP contribution in [0.3, 0.4) is 0 Å². The van der Waals surface area contributed by atoms with Crippen molar-refractivity contribution in [2.75, 3.05) is 13.6 Å². The number of benzene rings is 1. The molecule has 1 N–H and O–H groups in total. The number of sulfonamides is 1. The van der Waals surface area contributed by atoms with Crippen LogP contribution >= 0.6 is 0 Å². The molecule has 0 unspecified atom stereocenters. The van der Waals surface area contributed by atoms with Gasteiger partial charge in [0.15, 0.2) is 0 Å². The Kier molecular flexibility index (Phi) is 4.47. The van der Waals surface area contributed by atoms with E-state index in [1.807, 2.05) is 0 Å². The fourth-order valence-corrected chi connectivity index (χ4v) is 2.92. The Morgan fingerprint density at radius 1 is 1.39 bits per heavy atom. The Morgan fingerprint density at radius 3 is 2.50 bits per heavy atom. The summed E-state index contributed by atoms with van der Waals surface area (Å²) in [4.78, 5) is 0. The van der Waals surface area contributed by atoms with Gasteiger partial charge in [-0.25, -0.2) is 17.1 Å². The van der Waals surface area contributed by atoms with Gasteiger partial charge in [-0.1, -0.05) is 12.1 Å². The van der Waals surface area contributed by atoms with E-state index in [4.69, 9.17) is 0 Å². The van der Waals surface area contributed by atoms with Crippen molar-refractivity contribution in [2.45, 2.75) is 25.2 Å². The van der Waals surface area contributed by atoms with Crippen LogP contribution in [0.2, 0.25) is 0 Å². The van der Waals surface area contributed by atoms with Crippen LogP contribution in [-0.4, -0.2) is 37.0 Å². The molecule has 0 aliphatic heterocycles. The highest BCUT2D eigenvalue weighted by atomic mass is 32.2. The summed E-state index contributed by atoms with van der Waals surface area (Å²) in [7, 11) is -2.16. The van der Waals surface area contributed by atoms with Crippen LogP contribution < -0.4 is 0 Å². The minimum atomic E-state index is -3.56. The van der Waals surface area contributed by atoms with Gasteiger partial charge >= 0.3 is 0 Å². The van der Waals surface area contributed by atoms with Crippen molar-refractivity contribution in [3.63, 3.8) is 0 Å². The average Bonchev–Trinajstić information content (AvgIpc) is 2.13. The molecule has 0 aliphatic rings. The van der Waals surface area contributed by atoms with Crippen molar-refractivity contribution in [1.82, 2.24) is 4.31 Å². The summed E-state index contributed by atoms with van der Waals surface area (Å²) >= 11 is 0. The van der Waals surface area contributed by atoms with Crippen molar-refractivity contribution >= 4 is 10.0 Å². The molecule has 0 bridgehead atoms. The molecule has 0 amide bonds. The van der Waals surface area contributed by atoms with E-state index in [9.17, 15) is 17.9 Å². The number of hydrogen-bond acceptors (Lipinski definition) is 3. The Bertz CT molecular complexity index is 508. The topological polar surface area (TPSA) is 57.6 Å². The minimum absolute atomic E-state index is 0.00928. The van der Waals surface area contributed by atoms with Gasteiger partial charge in [0, 0.05) is 13.6 Å². The summed E-state index contributed by atoms with van der Waals surface area (Å²) < 4.78 is 38.0. The van der Waals surface area contributed by atoms with Gasteiger partial charge < -0.3 is 5.11 Å². The number of aliphatic hydroxyl groups is 1. The third-order valence-electron chi connectivity index (χ3n) is 2.32. The molecule has 6 heteroatoms. The molecule has 1 rings (SSSR count). The Morgan fingerprint density at radius 2 is 2.00 bits per heavy atom. The van der Waals surface area contributed by atoms with E-state index in [-0.39, 0.29) is 12.3 Å². The summed E-state index contributed by atoms with van der Waals surface area (Å²) in [6, 6.07) is 5.47. The van der Waals surface area contributed by atoms with Crippen LogP contribution in [0.15, 0.2) is 24.3 Å². The molecule has 1 aromatic rings. The second-order valence-electron chi connectivity index (χ2n) is 4.95. The predicted molar refractivity (Wildman–Crippen MR) is 68.0 cm³/mol. The van der Waals surface area contributed by atoms with Gasteiger partial charge in [-0.3, -0.25) is 0 Å². The zero-order valence-electron chi connectivity index (χ0n) is 10.7. The number of halogens is 1. The van der Waals surface area contributed by atoms with Gasteiger partial charge in [0.2, 0.25) is 10.0 Å². The predicted octanol–water partition coefficient (Wildman–Crippen LogP) is 1.36. The second kappa shape index (κ2) is 5.34. The maximum Gasteiger partial charge on any atom is 0.218 e. The highest BCUT2D eigenvalue weighted by molar-refractivity contribution is 7.88. The van der Waals surface area contributed by atoms with E-state index < -0.39 is 21.4 Å². The van der Waals surface area contributed by atoms with E-state index in [1.165, 1.54) is 39.1 Å². The molecule has 18 heavy (non-hydrogen) atoms. The monoisotopic (exact) mass is 275 g/mol. The van der Waals surface area contributed by atoms with Gasteiger partial charge in [0.05, 0.1) is 11.4 Å². The van der Waals surface area contributed by atoms with Crippen molar-refractivity contribution in [2.24, 2.45) is 0 Å². The van der Waals surface area contributed by atoms with E-state index in [1.54, 1.807) is 6.07 Å². The molecule has 0 aromatic heterocycles. The lowest BCUT2D eigenvalue weighted by atomic mass is 10.1. The molecule has 0 radical (unpaired) electrons. The number of nitrogens with zero attached hydrogens (tertiary/aromatic N) is 1. The molecule has 0 spiro atoms. The fourth-order valence-electron chi connectivity index (χ4n) is 1.59. The normalized spacial score (nSPS) is 13.0.